The number of likely N-dealkylation sites (N-methyl/N-ethyl adjacent to an activating group) is 1. The van der Waals surface area contributed by atoms with Crippen LogP contribution in [0.4, 0.5) is 4.79 Å². The van der Waals surface area contributed by atoms with E-state index >= 15 is 0 Å². The first-order valence-electron chi connectivity index (χ1n) is 10.9. The SMILES string of the molecule is CCOC(=O)C1=C(CN2CCCC(C(=O)OCC)C2)N(C)C(=O)NC1c1ccccc1Cl. The molecule has 0 aliphatic carbocycles. The van der Waals surface area contributed by atoms with Crippen molar-refractivity contribution in [3.05, 3.63) is 46.1 Å². The van der Waals surface area contributed by atoms with Crippen molar-refractivity contribution in [3.8, 4) is 0 Å². The maximum absolute atomic E-state index is 13.1. The number of urea groups is 1. The van der Waals surface area contributed by atoms with Gasteiger partial charge in [0.15, 0.2) is 0 Å². The van der Waals surface area contributed by atoms with Crippen LogP contribution in [0.1, 0.15) is 38.3 Å². The molecule has 32 heavy (non-hydrogen) atoms. The van der Waals surface area contributed by atoms with Gasteiger partial charge in [0.2, 0.25) is 0 Å². The van der Waals surface area contributed by atoms with Crippen molar-refractivity contribution in [2.24, 2.45) is 5.92 Å². The highest BCUT2D eigenvalue weighted by Gasteiger charge is 2.39. The van der Waals surface area contributed by atoms with Crippen molar-refractivity contribution in [3.63, 3.8) is 0 Å². The third-order valence-electron chi connectivity index (χ3n) is 5.79. The van der Waals surface area contributed by atoms with Crippen LogP contribution in [0.5, 0.6) is 0 Å². The molecule has 1 aromatic rings. The van der Waals surface area contributed by atoms with E-state index in [2.05, 4.69) is 10.2 Å². The second-order valence-corrected chi connectivity index (χ2v) is 8.28. The Bertz CT molecular complexity index is 903. The number of ether oxygens (including phenoxy) is 2. The van der Waals surface area contributed by atoms with E-state index in [0.29, 0.717) is 41.6 Å². The molecular weight excluding hydrogens is 434 g/mol. The fourth-order valence-electron chi connectivity index (χ4n) is 4.20. The van der Waals surface area contributed by atoms with Crippen LogP contribution < -0.4 is 5.32 Å². The number of hydrogen-bond acceptors (Lipinski definition) is 6. The predicted molar refractivity (Wildman–Crippen MR) is 120 cm³/mol. The fraction of sp³-hybridized carbons (Fsp3) is 0.522. The lowest BCUT2D eigenvalue weighted by molar-refractivity contribution is -0.150. The largest absolute Gasteiger partial charge is 0.466 e. The number of hydrogen-bond donors (Lipinski definition) is 1. The van der Waals surface area contributed by atoms with Crippen LogP contribution in [0.2, 0.25) is 5.02 Å². The standard InChI is InChI=1S/C23H30ClN3O5/c1-4-31-21(28)15-9-8-12-27(13-15)14-18-19(22(29)32-5-2)20(25-23(30)26(18)3)16-10-6-7-11-17(16)24/h6-7,10-11,15,20H,4-5,8-9,12-14H2,1-3H3,(H,25,30). The highest BCUT2D eigenvalue weighted by atomic mass is 35.5. The van der Waals surface area contributed by atoms with Crippen molar-refractivity contribution in [1.82, 2.24) is 15.1 Å². The Balaban J connectivity index is 1.98. The third-order valence-corrected chi connectivity index (χ3v) is 6.13. The first-order chi connectivity index (χ1) is 15.4. The van der Waals surface area contributed by atoms with Gasteiger partial charge < -0.3 is 14.8 Å². The Hall–Kier alpha value is -2.58. The number of esters is 2. The van der Waals surface area contributed by atoms with Gasteiger partial charge in [-0.05, 0) is 44.9 Å². The molecule has 0 radical (unpaired) electrons. The molecule has 0 saturated carbocycles. The summed E-state index contributed by atoms with van der Waals surface area (Å²) in [5.74, 6) is -0.934. The smallest absolute Gasteiger partial charge is 0.338 e. The average Bonchev–Trinajstić information content (AvgIpc) is 2.77. The maximum Gasteiger partial charge on any atom is 0.338 e. The van der Waals surface area contributed by atoms with E-state index in [9.17, 15) is 14.4 Å². The van der Waals surface area contributed by atoms with E-state index < -0.39 is 12.0 Å². The van der Waals surface area contributed by atoms with Crippen molar-refractivity contribution in [2.75, 3.05) is 39.9 Å². The van der Waals surface area contributed by atoms with Gasteiger partial charge in [0.25, 0.3) is 0 Å². The van der Waals surface area contributed by atoms with Crippen molar-refractivity contribution >= 4 is 29.6 Å². The van der Waals surface area contributed by atoms with Crippen LogP contribution in [0.15, 0.2) is 35.5 Å². The van der Waals surface area contributed by atoms with E-state index in [1.54, 1.807) is 39.1 Å². The number of carbonyl (C=O) groups is 3. The van der Waals surface area contributed by atoms with E-state index in [0.717, 1.165) is 19.4 Å². The molecule has 2 atom stereocenters. The number of rotatable bonds is 7. The van der Waals surface area contributed by atoms with Gasteiger partial charge in [-0.1, -0.05) is 29.8 Å². The minimum Gasteiger partial charge on any atom is -0.466 e. The van der Waals surface area contributed by atoms with Crippen LogP contribution in [-0.4, -0.2) is 67.7 Å². The van der Waals surface area contributed by atoms with Gasteiger partial charge in [-0.2, -0.15) is 0 Å². The topological polar surface area (TPSA) is 88.2 Å². The van der Waals surface area contributed by atoms with Crippen molar-refractivity contribution < 1.29 is 23.9 Å². The number of nitrogens with one attached hydrogen (secondary N) is 1. The third kappa shape index (κ3) is 5.24. The van der Waals surface area contributed by atoms with Crippen LogP contribution in [-0.2, 0) is 19.1 Å². The molecule has 8 nitrogen and oxygen atoms in total. The van der Waals surface area contributed by atoms with Gasteiger partial charge in [-0.15, -0.1) is 0 Å². The zero-order chi connectivity index (χ0) is 23.3. The van der Waals surface area contributed by atoms with Crippen LogP contribution >= 0.6 is 11.6 Å². The first kappa shape index (κ1) is 24.1. The van der Waals surface area contributed by atoms with E-state index in [1.807, 2.05) is 6.07 Å². The van der Waals surface area contributed by atoms with E-state index in [-0.39, 0.29) is 24.5 Å². The molecule has 0 aromatic heterocycles. The number of nitrogens with zero attached hydrogens (tertiary/aromatic N) is 2. The fourth-order valence-corrected chi connectivity index (χ4v) is 4.45. The molecule has 1 aromatic carbocycles. The highest BCUT2D eigenvalue weighted by molar-refractivity contribution is 6.31. The summed E-state index contributed by atoms with van der Waals surface area (Å²) in [6.07, 6.45) is 1.59. The normalized spacial score (nSPS) is 21.9. The second kappa shape index (κ2) is 10.8. The number of halogens is 1. The molecule has 1 N–H and O–H groups in total. The summed E-state index contributed by atoms with van der Waals surface area (Å²) >= 11 is 6.41. The van der Waals surface area contributed by atoms with Gasteiger partial charge in [0.1, 0.15) is 0 Å². The van der Waals surface area contributed by atoms with Crippen LogP contribution in [0.3, 0.4) is 0 Å². The summed E-state index contributed by atoms with van der Waals surface area (Å²) < 4.78 is 10.6. The minimum absolute atomic E-state index is 0.206. The van der Waals surface area contributed by atoms with Gasteiger partial charge in [0, 0.05) is 30.9 Å². The lowest BCUT2D eigenvalue weighted by Crippen LogP contribution is -2.50. The van der Waals surface area contributed by atoms with Crippen molar-refractivity contribution in [2.45, 2.75) is 32.7 Å². The molecular formula is C23H30ClN3O5. The average molecular weight is 464 g/mol. The summed E-state index contributed by atoms with van der Waals surface area (Å²) in [5, 5.41) is 3.32. The molecule has 3 rings (SSSR count). The number of likely N-dealkylation sites (tertiary alicyclic amines) is 1. The second-order valence-electron chi connectivity index (χ2n) is 7.87. The zero-order valence-electron chi connectivity index (χ0n) is 18.7. The van der Waals surface area contributed by atoms with Gasteiger partial charge in [0.05, 0.1) is 30.7 Å². The van der Waals surface area contributed by atoms with Gasteiger partial charge in [-0.25, -0.2) is 9.59 Å². The molecule has 0 spiro atoms. The predicted octanol–water partition coefficient (Wildman–Crippen LogP) is 3.13. The summed E-state index contributed by atoms with van der Waals surface area (Å²) in [6, 6.07) is 6.04. The number of carbonyl (C=O) groups excluding carboxylic acids is 3. The van der Waals surface area contributed by atoms with Crippen LogP contribution in [0.25, 0.3) is 0 Å². The van der Waals surface area contributed by atoms with Gasteiger partial charge >= 0.3 is 18.0 Å². The summed E-state index contributed by atoms with van der Waals surface area (Å²) in [5.41, 5.74) is 1.51. The Kier molecular flexibility index (Phi) is 8.15. The molecule has 174 valence electrons. The Morgan fingerprint density at radius 3 is 2.59 bits per heavy atom. The monoisotopic (exact) mass is 463 g/mol. The molecule has 1 saturated heterocycles. The Morgan fingerprint density at radius 1 is 1.19 bits per heavy atom. The summed E-state index contributed by atoms with van der Waals surface area (Å²) in [4.78, 5) is 41.7. The Labute approximate surface area is 193 Å². The minimum atomic E-state index is -0.730. The molecule has 9 heteroatoms. The lowest BCUT2D eigenvalue weighted by Gasteiger charge is -2.38. The Morgan fingerprint density at radius 2 is 1.91 bits per heavy atom. The van der Waals surface area contributed by atoms with Crippen molar-refractivity contribution in [1.29, 1.82) is 0 Å². The molecule has 2 amide bonds. The maximum atomic E-state index is 13.1. The number of benzene rings is 1. The van der Waals surface area contributed by atoms with Crippen LogP contribution in [0, 0.1) is 5.92 Å². The van der Waals surface area contributed by atoms with E-state index in [1.165, 1.54) is 4.90 Å². The molecule has 2 unspecified atom stereocenters. The van der Waals surface area contributed by atoms with Gasteiger partial charge in [-0.3, -0.25) is 14.6 Å². The molecule has 0 bridgehead atoms. The summed E-state index contributed by atoms with van der Waals surface area (Å²) in [7, 11) is 1.62. The first-order valence-corrected chi connectivity index (χ1v) is 11.3. The molecule has 2 aliphatic rings. The zero-order valence-corrected chi connectivity index (χ0v) is 19.5. The summed E-state index contributed by atoms with van der Waals surface area (Å²) in [6.45, 7) is 5.66. The molecule has 1 fully saturated rings. The quantitative estimate of drug-likeness (QED) is 0.625. The molecule has 2 aliphatic heterocycles. The lowest BCUT2D eigenvalue weighted by atomic mass is 9.93. The highest BCUT2D eigenvalue weighted by Crippen LogP contribution is 2.35. The number of amides is 2. The number of piperidine rings is 1. The molecule has 2 heterocycles. The van der Waals surface area contributed by atoms with E-state index in [4.69, 9.17) is 21.1 Å².